The van der Waals surface area contributed by atoms with Crippen molar-refractivity contribution in [2.24, 2.45) is 0 Å². The van der Waals surface area contributed by atoms with Crippen molar-refractivity contribution in [3.05, 3.63) is 35.5 Å². The number of nitrogens with one attached hydrogen (secondary N) is 1. The SMILES string of the molecule is N#Cc1cc2c(CC3CO3)cccc2[nH]1. The lowest BCUT2D eigenvalue weighted by Gasteiger charge is -1.99. The van der Waals surface area contributed by atoms with Crippen molar-refractivity contribution in [1.29, 1.82) is 5.26 Å². The first-order chi connectivity index (χ1) is 7.36. The molecule has 1 aliphatic heterocycles. The predicted octanol–water partition coefficient (Wildman–Crippen LogP) is 1.98. The smallest absolute Gasteiger partial charge is 0.118 e. The zero-order valence-corrected chi connectivity index (χ0v) is 8.16. The van der Waals surface area contributed by atoms with E-state index in [4.69, 9.17) is 10.00 Å². The Morgan fingerprint density at radius 2 is 2.40 bits per heavy atom. The Balaban J connectivity index is 2.11. The van der Waals surface area contributed by atoms with Crippen molar-refractivity contribution >= 4 is 10.9 Å². The van der Waals surface area contributed by atoms with Gasteiger partial charge >= 0.3 is 0 Å². The summed E-state index contributed by atoms with van der Waals surface area (Å²) in [5.74, 6) is 0. The Kier molecular flexibility index (Phi) is 1.77. The molecule has 2 heterocycles. The zero-order chi connectivity index (χ0) is 10.3. The standard InChI is InChI=1S/C12H10N2O/c13-6-9-5-11-8(4-10-7-15-10)2-1-3-12(11)14-9/h1-3,5,10,14H,4,7H2. The van der Waals surface area contributed by atoms with Crippen molar-refractivity contribution in [3.63, 3.8) is 0 Å². The monoisotopic (exact) mass is 198 g/mol. The third-order valence-corrected chi connectivity index (χ3v) is 2.72. The summed E-state index contributed by atoms with van der Waals surface area (Å²) in [5, 5.41) is 9.96. The molecule has 1 saturated heterocycles. The summed E-state index contributed by atoms with van der Waals surface area (Å²) < 4.78 is 5.22. The maximum atomic E-state index is 8.82. The number of benzene rings is 1. The van der Waals surface area contributed by atoms with E-state index in [1.165, 1.54) is 5.56 Å². The number of hydrogen-bond donors (Lipinski definition) is 1. The molecule has 0 aliphatic carbocycles. The predicted molar refractivity (Wildman–Crippen MR) is 56.5 cm³/mol. The van der Waals surface area contributed by atoms with Crippen molar-refractivity contribution in [3.8, 4) is 6.07 Å². The van der Waals surface area contributed by atoms with Gasteiger partial charge in [-0.1, -0.05) is 12.1 Å². The van der Waals surface area contributed by atoms with Gasteiger partial charge in [-0.3, -0.25) is 0 Å². The first-order valence-electron chi connectivity index (χ1n) is 4.99. The van der Waals surface area contributed by atoms with Gasteiger partial charge in [0, 0.05) is 17.3 Å². The minimum Gasteiger partial charge on any atom is -0.373 e. The molecule has 15 heavy (non-hydrogen) atoms. The van der Waals surface area contributed by atoms with Crippen molar-refractivity contribution < 1.29 is 4.74 Å². The number of aromatic nitrogens is 1. The molecule has 1 fully saturated rings. The van der Waals surface area contributed by atoms with Gasteiger partial charge in [-0.2, -0.15) is 5.26 Å². The first-order valence-corrected chi connectivity index (χ1v) is 4.99. The fraction of sp³-hybridized carbons (Fsp3) is 0.250. The Morgan fingerprint density at radius 3 is 3.13 bits per heavy atom. The molecule has 3 rings (SSSR count). The molecule has 1 unspecified atom stereocenters. The summed E-state index contributed by atoms with van der Waals surface area (Å²) in [6.45, 7) is 0.867. The number of epoxide rings is 1. The number of hydrogen-bond acceptors (Lipinski definition) is 2. The summed E-state index contributed by atoms with van der Waals surface area (Å²) in [4.78, 5) is 3.08. The quantitative estimate of drug-likeness (QED) is 0.750. The van der Waals surface area contributed by atoms with E-state index in [9.17, 15) is 0 Å². The summed E-state index contributed by atoms with van der Waals surface area (Å²) in [6.07, 6.45) is 1.33. The van der Waals surface area contributed by atoms with Crippen LogP contribution in [0.4, 0.5) is 0 Å². The van der Waals surface area contributed by atoms with E-state index in [1.54, 1.807) is 0 Å². The molecule has 1 atom stereocenters. The van der Waals surface area contributed by atoms with Gasteiger partial charge in [-0.25, -0.2) is 0 Å². The average molecular weight is 198 g/mol. The van der Waals surface area contributed by atoms with Crippen LogP contribution in [0.1, 0.15) is 11.3 Å². The van der Waals surface area contributed by atoms with E-state index in [0.29, 0.717) is 11.8 Å². The molecule has 3 heteroatoms. The van der Waals surface area contributed by atoms with Gasteiger partial charge in [0.25, 0.3) is 0 Å². The van der Waals surface area contributed by atoms with Gasteiger partial charge in [0.15, 0.2) is 0 Å². The third-order valence-electron chi connectivity index (χ3n) is 2.72. The number of aromatic amines is 1. The van der Waals surface area contributed by atoms with Gasteiger partial charge in [0.1, 0.15) is 11.8 Å². The fourth-order valence-electron chi connectivity index (χ4n) is 1.89. The number of H-pyrrole nitrogens is 1. The van der Waals surface area contributed by atoms with Crippen LogP contribution in [0.5, 0.6) is 0 Å². The first kappa shape index (κ1) is 8.51. The van der Waals surface area contributed by atoms with Crippen LogP contribution in [0.15, 0.2) is 24.3 Å². The van der Waals surface area contributed by atoms with Crippen molar-refractivity contribution in [2.45, 2.75) is 12.5 Å². The van der Waals surface area contributed by atoms with Gasteiger partial charge in [0.05, 0.1) is 12.7 Å². The normalized spacial score (nSPS) is 19.0. The molecule has 74 valence electrons. The Bertz CT molecular complexity index is 546. The summed E-state index contributed by atoms with van der Waals surface area (Å²) in [7, 11) is 0. The highest BCUT2D eigenvalue weighted by Crippen LogP contribution is 2.24. The van der Waals surface area contributed by atoms with Crippen LogP contribution >= 0.6 is 0 Å². The van der Waals surface area contributed by atoms with E-state index < -0.39 is 0 Å². The highest BCUT2D eigenvalue weighted by Gasteiger charge is 2.23. The Hall–Kier alpha value is -1.79. The topological polar surface area (TPSA) is 52.1 Å². The molecule has 0 radical (unpaired) electrons. The number of fused-ring (bicyclic) bond motifs is 1. The van der Waals surface area contributed by atoms with Crippen molar-refractivity contribution in [1.82, 2.24) is 4.98 Å². The second kappa shape index (κ2) is 3.11. The molecule has 3 nitrogen and oxygen atoms in total. The minimum absolute atomic E-state index is 0.385. The lowest BCUT2D eigenvalue weighted by molar-refractivity contribution is 0.408. The molecule has 2 aromatic rings. The largest absolute Gasteiger partial charge is 0.373 e. The number of ether oxygens (including phenoxy) is 1. The van der Waals surface area contributed by atoms with Gasteiger partial charge in [0.2, 0.25) is 0 Å². The third kappa shape index (κ3) is 1.49. The molecule has 1 aliphatic rings. The Morgan fingerprint density at radius 1 is 1.53 bits per heavy atom. The maximum absolute atomic E-state index is 8.82. The fourth-order valence-corrected chi connectivity index (χ4v) is 1.89. The van der Waals surface area contributed by atoms with E-state index in [1.807, 2.05) is 18.2 Å². The second-order valence-corrected chi connectivity index (χ2v) is 3.83. The van der Waals surface area contributed by atoms with E-state index >= 15 is 0 Å². The van der Waals surface area contributed by atoms with E-state index in [-0.39, 0.29) is 0 Å². The van der Waals surface area contributed by atoms with Gasteiger partial charge < -0.3 is 9.72 Å². The van der Waals surface area contributed by atoms with Crippen LogP contribution in [-0.4, -0.2) is 17.7 Å². The highest BCUT2D eigenvalue weighted by molar-refractivity contribution is 5.84. The second-order valence-electron chi connectivity index (χ2n) is 3.83. The number of nitrogens with zero attached hydrogens (tertiary/aromatic N) is 1. The van der Waals surface area contributed by atoms with E-state index in [0.717, 1.165) is 23.9 Å². The number of nitriles is 1. The molecule has 0 saturated carbocycles. The van der Waals surface area contributed by atoms with Crippen molar-refractivity contribution in [2.75, 3.05) is 6.61 Å². The zero-order valence-electron chi connectivity index (χ0n) is 8.16. The van der Waals surface area contributed by atoms with Gasteiger partial charge in [-0.05, 0) is 17.7 Å². The molecule has 0 spiro atoms. The summed E-state index contributed by atoms with van der Waals surface area (Å²) >= 11 is 0. The van der Waals surface area contributed by atoms with Crippen LogP contribution in [0.3, 0.4) is 0 Å². The van der Waals surface area contributed by atoms with Gasteiger partial charge in [-0.15, -0.1) is 0 Å². The summed E-state index contributed by atoms with van der Waals surface area (Å²) in [5.41, 5.74) is 2.91. The van der Waals surface area contributed by atoms with Crippen LogP contribution < -0.4 is 0 Å². The molecule has 1 aromatic heterocycles. The lowest BCUT2D eigenvalue weighted by atomic mass is 10.1. The van der Waals surface area contributed by atoms with Crippen LogP contribution in [0.25, 0.3) is 10.9 Å². The van der Waals surface area contributed by atoms with Crippen LogP contribution in [0.2, 0.25) is 0 Å². The number of rotatable bonds is 2. The maximum Gasteiger partial charge on any atom is 0.118 e. The molecular formula is C12H10N2O. The lowest BCUT2D eigenvalue weighted by Crippen LogP contribution is -1.92. The Labute approximate surface area is 87.3 Å². The minimum atomic E-state index is 0.385. The molecule has 0 bridgehead atoms. The van der Waals surface area contributed by atoms with Crippen LogP contribution in [-0.2, 0) is 11.2 Å². The van der Waals surface area contributed by atoms with E-state index in [2.05, 4.69) is 17.1 Å². The average Bonchev–Trinajstić information content (AvgIpc) is 2.96. The molecule has 1 aromatic carbocycles. The summed E-state index contributed by atoms with van der Waals surface area (Å²) in [6, 6.07) is 10.1. The molecule has 1 N–H and O–H groups in total. The highest BCUT2D eigenvalue weighted by atomic mass is 16.6. The molecule has 0 amide bonds. The molecular weight excluding hydrogens is 188 g/mol. The van der Waals surface area contributed by atoms with Crippen LogP contribution in [0, 0.1) is 11.3 Å².